The summed E-state index contributed by atoms with van der Waals surface area (Å²) in [6.45, 7) is 2.73. The molecule has 2 aromatic rings. The largest absolute Gasteiger partial charge is 0.333 e. The van der Waals surface area contributed by atoms with Crippen LogP contribution in [-0.2, 0) is 6.54 Å². The molecule has 0 bridgehead atoms. The van der Waals surface area contributed by atoms with Gasteiger partial charge < -0.3 is 5.32 Å². The van der Waals surface area contributed by atoms with Gasteiger partial charge in [0.25, 0.3) is 5.69 Å². The Bertz CT molecular complexity index is 582. The number of nitrogens with zero attached hydrogens (tertiary/aromatic N) is 3. The Balaban J connectivity index is 2.30. The van der Waals surface area contributed by atoms with Crippen LogP contribution in [0.1, 0.15) is 6.92 Å². The van der Waals surface area contributed by atoms with Crippen LogP contribution in [0.25, 0.3) is 0 Å². The lowest BCUT2D eigenvalue weighted by molar-refractivity contribution is -0.384. The number of halogens is 1. The molecule has 18 heavy (non-hydrogen) atoms. The van der Waals surface area contributed by atoms with Crippen LogP contribution in [0.2, 0.25) is 0 Å². The lowest BCUT2D eigenvalue weighted by atomic mass is 10.2. The molecule has 94 valence electrons. The van der Waals surface area contributed by atoms with Gasteiger partial charge in [-0.15, -0.1) is 0 Å². The molecule has 0 aliphatic heterocycles. The van der Waals surface area contributed by atoms with E-state index in [1.807, 2.05) is 13.1 Å². The third-order valence-corrected chi connectivity index (χ3v) is 2.88. The van der Waals surface area contributed by atoms with Crippen molar-refractivity contribution in [1.29, 1.82) is 0 Å². The predicted octanol–water partition coefficient (Wildman–Crippen LogP) is 3.32. The standard InChI is InChI=1S/C11H11BrN4O2/c1-2-15-6-5-11(14-15)13-9-4-3-8(12)7-10(9)16(17)18/h3-7H,2H2,1H3,(H,13,14). The molecule has 0 saturated heterocycles. The second-order valence-corrected chi connectivity index (χ2v) is 4.52. The van der Waals surface area contributed by atoms with Crippen molar-refractivity contribution >= 4 is 33.1 Å². The number of rotatable bonds is 4. The van der Waals surface area contributed by atoms with Gasteiger partial charge in [0.05, 0.1) is 4.92 Å². The Hall–Kier alpha value is -1.89. The topological polar surface area (TPSA) is 73.0 Å². The molecular formula is C11H11BrN4O2. The number of hydrogen-bond donors (Lipinski definition) is 1. The van der Waals surface area contributed by atoms with E-state index < -0.39 is 4.92 Å². The SMILES string of the molecule is CCn1ccc(Nc2ccc(Br)cc2[N+](=O)[O-])n1. The minimum absolute atomic E-state index is 0.00965. The molecule has 1 N–H and O–H groups in total. The van der Waals surface area contributed by atoms with Crippen LogP contribution >= 0.6 is 15.9 Å². The summed E-state index contributed by atoms with van der Waals surface area (Å²) < 4.78 is 2.41. The van der Waals surface area contributed by atoms with Gasteiger partial charge >= 0.3 is 0 Å². The molecule has 7 heteroatoms. The lowest BCUT2D eigenvalue weighted by Gasteiger charge is -2.04. The van der Waals surface area contributed by atoms with Crippen molar-refractivity contribution in [1.82, 2.24) is 9.78 Å². The highest BCUT2D eigenvalue weighted by Gasteiger charge is 2.14. The van der Waals surface area contributed by atoms with E-state index in [0.29, 0.717) is 16.0 Å². The molecule has 0 unspecified atom stereocenters. The van der Waals surface area contributed by atoms with Crippen LogP contribution in [0.3, 0.4) is 0 Å². The number of nitrogens with one attached hydrogen (secondary N) is 1. The van der Waals surface area contributed by atoms with Crippen LogP contribution in [-0.4, -0.2) is 14.7 Å². The van der Waals surface area contributed by atoms with E-state index in [4.69, 9.17) is 0 Å². The minimum Gasteiger partial charge on any atom is -0.333 e. The minimum atomic E-state index is -0.427. The number of nitro groups is 1. The highest BCUT2D eigenvalue weighted by atomic mass is 79.9. The zero-order valence-electron chi connectivity index (χ0n) is 9.63. The molecular weight excluding hydrogens is 300 g/mol. The first-order chi connectivity index (χ1) is 8.60. The van der Waals surface area contributed by atoms with Gasteiger partial charge in [-0.3, -0.25) is 14.8 Å². The molecule has 0 fully saturated rings. The molecule has 0 atom stereocenters. The van der Waals surface area contributed by atoms with Crippen LogP contribution in [0, 0.1) is 10.1 Å². The fourth-order valence-corrected chi connectivity index (χ4v) is 1.85. The summed E-state index contributed by atoms with van der Waals surface area (Å²) in [5.41, 5.74) is 0.431. The smallest absolute Gasteiger partial charge is 0.293 e. The highest BCUT2D eigenvalue weighted by molar-refractivity contribution is 9.10. The first kappa shape index (κ1) is 12.6. The maximum absolute atomic E-state index is 10.9. The van der Waals surface area contributed by atoms with Crippen LogP contribution in [0.4, 0.5) is 17.2 Å². The molecule has 0 amide bonds. The summed E-state index contributed by atoms with van der Waals surface area (Å²) in [4.78, 5) is 10.5. The normalized spacial score (nSPS) is 10.3. The summed E-state index contributed by atoms with van der Waals surface area (Å²) in [6, 6.07) is 6.62. The quantitative estimate of drug-likeness (QED) is 0.694. The molecule has 0 radical (unpaired) electrons. The van der Waals surface area contributed by atoms with Crippen molar-refractivity contribution < 1.29 is 4.92 Å². The molecule has 1 aromatic carbocycles. The third kappa shape index (κ3) is 2.67. The number of aromatic nitrogens is 2. The predicted molar refractivity (Wildman–Crippen MR) is 72.0 cm³/mol. The number of hydrogen-bond acceptors (Lipinski definition) is 4. The number of benzene rings is 1. The highest BCUT2D eigenvalue weighted by Crippen LogP contribution is 2.29. The maximum Gasteiger partial charge on any atom is 0.293 e. The van der Waals surface area contributed by atoms with Gasteiger partial charge in [-0.05, 0) is 19.1 Å². The van der Waals surface area contributed by atoms with Crippen molar-refractivity contribution in [3.05, 3.63) is 45.0 Å². The van der Waals surface area contributed by atoms with Gasteiger partial charge in [0.2, 0.25) is 0 Å². The van der Waals surface area contributed by atoms with Crippen molar-refractivity contribution in [2.24, 2.45) is 0 Å². The van der Waals surface area contributed by atoms with E-state index in [9.17, 15) is 10.1 Å². The van der Waals surface area contributed by atoms with Gasteiger partial charge in [0.15, 0.2) is 5.82 Å². The molecule has 2 rings (SSSR count). The Morgan fingerprint density at radius 2 is 2.28 bits per heavy atom. The zero-order valence-corrected chi connectivity index (χ0v) is 11.2. The van der Waals surface area contributed by atoms with E-state index in [1.54, 1.807) is 22.9 Å². The monoisotopic (exact) mass is 310 g/mol. The fraction of sp³-hybridized carbons (Fsp3) is 0.182. The van der Waals surface area contributed by atoms with Crippen LogP contribution in [0.5, 0.6) is 0 Å². The Morgan fingerprint density at radius 3 is 2.89 bits per heavy atom. The summed E-state index contributed by atoms with van der Waals surface area (Å²) in [5.74, 6) is 0.585. The zero-order chi connectivity index (χ0) is 13.1. The summed E-state index contributed by atoms with van der Waals surface area (Å²) in [7, 11) is 0. The Kier molecular flexibility index (Phi) is 3.61. The summed E-state index contributed by atoms with van der Waals surface area (Å²) >= 11 is 3.21. The summed E-state index contributed by atoms with van der Waals surface area (Å²) in [5, 5.41) is 18.1. The van der Waals surface area contributed by atoms with Crippen molar-refractivity contribution in [3.8, 4) is 0 Å². The van der Waals surface area contributed by atoms with Gasteiger partial charge in [0.1, 0.15) is 5.69 Å². The molecule has 0 aliphatic rings. The van der Waals surface area contributed by atoms with E-state index in [1.165, 1.54) is 6.07 Å². The summed E-state index contributed by atoms with van der Waals surface area (Å²) in [6.07, 6.45) is 1.81. The molecule has 0 aliphatic carbocycles. The number of aryl methyl sites for hydroxylation is 1. The van der Waals surface area contributed by atoms with Crippen molar-refractivity contribution in [2.75, 3.05) is 5.32 Å². The Morgan fingerprint density at radius 1 is 1.50 bits per heavy atom. The van der Waals surface area contributed by atoms with Crippen molar-refractivity contribution in [3.63, 3.8) is 0 Å². The lowest BCUT2D eigenvalue weighted by Crippen LogP contribution is -1.99. The first-order valence-electron chi connectivity index (χ1n) is 5.34. The van der Waals surface area contributed by atoms with E-state index >= 15 is 0 Å². The average Bonchev–Trinajstić information content (AvgIpc) is 2.79. The second kappa shape index (κ2) is 5.18. The van der Waals surface area contributed by atoms with Crippen LogP contribution < -0.4 is 5.32 Å². The van der Waals surface area contributed by atoms with Gasteiger partial charge in [-0.1, -0.05) is 15.9 Å². The van der Waals surface area contributed by atoms with Crippen molar-refractivity contribution in [2.45, 2.75) is 13.5 Å². The first-order valence-corrected chi connectivity index (χ1v) is 6.14. The molecule has 1 heterocycles. The molecule has 0 spiro atoms. The fourth-order valence-electron chi connectivity index (χ4n) is 1.50. The van der Waals surface area contributed by atoms with Gasteiger partial charge in [-0.25, -0.2) is 0 Å². The third-order valence-electron chi connectivity index (χ3n) is 2.38. The Labute approximate surface area is 112 Å². The van der Waals surface area contributed by atoms with E-state index in [0.717, 1.165) is 6.54 Å². The van der Waals surface area contributed by atoms with E-state index in [-0.39, 0.29) is 5.69 Å². The molecule has 0 saturated carbocycles. The second-order valence-electron chi connectivity index (χ2n) is 3.60. The average molecular weight is 311 g/mol. The van der Waals surface area contributed by atoms with Gasteiger partial charge in [0, 0.05) is 29.3 Å². The number of anilines is 2. The van der Waals surface area contributed by atoms with Crippen LogP contribution in [0.15, 0.2) is 34.9 Å². The number of nitro benzene ring substituents is 1. The molecule has 1 aromatic heterocycles. The van der Waals surface area contributed by atoms with Gasteiger partial charge in [-0.2, -0.15) is 5.10 Å². The van der Waals surface area contributed by atoms with E-state index in [2.05, 4.69) is 26.3 Å². The molecule has 6 nitrogen and oxygen atoms in total. The maximum atomic E-state index is 10.9.